The van der Waals surface area contributed by atoms with Crippen LogP contribution in [0.2, 0.25) is 0 Å². The first-order valence-corrected chi connectivity index (χ1v) is 14.8. The summed E-state index contributed by atoms with van der Waals surface area (Å²) in [5, 5.41) is 25.2. The van der Waals surface area contributed by atoms with Crippen molar-refractivity contribution >= 4 is 17.5 Å². The van der Waals surface area contributed by atoms with Crippen molar-refractivity contribution in [1.29, 1.82) is 0 Å². The van der Waals surface area contributed by atoms with Crippen molar-refractivity contribution in [3.05, 3.63) is 29.8 Å². The standard InChI is InChI=1S/C30H44F2N4O4/c1-4-18(28(39)34-27-19-8-17-9-20(27)13-30(40,11-17)12-19)10-24(37)22(33)14-35-15-25(38)36(16-29(35,2)3)23-7-5-6-21(31)26(23)32/h5-7,17-20,22,24,27,37,40H,4,8-16,33H2,1-3H3,(H,34,39)/t17?,18-,19?,20?,22+,24+,27?,30?/m1/s1. The fourth-order valence-electron chi connectivity index (χ4n) is 8.07. The molecule has 0 aromatic heterocycles. The van der Waals surface area contributed by atoms with E-state index in [-0.39, 0.29) is 49.6 Å². The highest BCUT2D eigenvalue weighted by atomic mass is 19.2. The number of carbonyl (C=O) groups is 2. The molecule has 2 amide bonds. The molecule has 5 aliphatic rings. The minimum atomic E-state index is -1.05. The molecule has 1 aliphatic heterocycles. The molecule has 0 radical (unpaired) electrons. The predicted octanol–water partition coefficient (Wildman–Crippen LogP) is 2.55. The number of hydrogen-bond donors (Lipinski definition) is 4. The average Bonchev–Trinajstić information content (AvgIpc) is 2.87. The van der Waals surface area contributed by atoms with Crippen molar-refractivity contribution in [2.24, 2.45) is 29.4 Å². The summed E-state index contributed by atoms with van der Waals surface area (Å²) in [6.07, 6.45) is 4.32. The topological polar surface area (TPSA) is 119 Å². The second-order valence-electron chi connectivity index (χ2n) is 13.5. The lowest BCUT2D eigenvalue weighted by molar-refractivity contribution is -0.148. The van der Waals surface area contributed by atoms with Gasteiger partial charge in [0.2, 0.25) is 11.8 Å². The largest absolute Gasteiger partial charge is 0.391 e. The first-order chi connectivity index (χ1) is 18.8. The lowest BCUT2D eigenvalue weighted by Crippen LogP contribution is -2.64. The average molecular weight is 563 g/mol. The number of nitrogens with zero attached hydrogens (tertiary/aromatic N) is 2. The van der Waals surface area contributed by atoms with Gasteiger partial charge in [-0.25, -0.2) is 8.78 Å². The Kier molecular flexibility index (Phi) is 8.02. The highest BCUT2D eigenvalue weighted by molar-refractivity contribution is 5.96. The predicted molar refractivity (Wildman–Crippen MR) is 147 cm³/mol. The number of carbonyl (C=O) groups excluding carboxylic acids is 2. The van der Waals surface area contributed by atoms with Crippen LogP contribution in [0.3, 0.4) is 0 Å². The normalized spacial score (nSPS) is 33.6. The number of halogens is 2. The Morgan fingerprint density at radius 2 is 1.88 bits per heavy atom. The second kappa shape index (κ2) is 10.9. The SMILES string of the molecule is CC[C@H](C[C@H](O)[C@@H](N)CN1CC(=O)N(c2cccc(F)c2F)CC1(C)C)C(=O)NC1C2CC3CC1CC(O)(C3)C2. The molecule has 4 bridgehead atoms. The maximum absolute atomic E-state index is 14.4. The summed E-state index contributed by atoms with van der Waals surface area (Å²) >= 11 is 0. The monoisotopic (exact) mass is 562 g/mol. The van der Waals surface area contributed by atoms with Crippen molar-refractivity contribution in [3.63, 3.8) is 0 Å². The van der Waals surface area contributed by atoms with Crippen molar-refractivity contribution in [2.45, 2.75) is 95.0 Å². The molecule has 1 heterocycles. The molecule has 222 valence electrons. The van der Waals surface area contributed by atoms with Gasteiger partial charge in [-0.15, -0.1) is 0 Å². The molecular weight excluding hydrogens is 518 g/mol. The van der Waals surface area contributed by atoms with E-state index in [4.69, 9.17) is 5.73 Å². The third-order valence-corrected chi connectivity index (χ3v) is 10.1. The Balaban J connectivity index is 1.17. The Bertz CT molecular complexity index is 1120. The number of piperazine rings is 1. The van der Waals surface area contributed by atoms with Crippen LogP contribution >= 0.6 is 0 Å². The number of amides is 2. The van der Waals surface area contributed by atoms with Crippen molar-refractivity contribution in [2.75, 3.05) is 24.5 Å². The van der Waals surface area contributed by atoms with Gasteiger partial charge in [0.25, 0.3) is 0 Å². The van der Waals surface area contributed by atoms with Crippen LogP contribution in [0, 0.1) is 35.3 Å². The van der Waals surface area contributed by atoms with Gasteiger partial charge < -0.3 is 26.2 Å². The van der Waals surface area contributed by atoms with Crippen molar-refractivity contribution in [3.8, 4) is 0 Å². The van der Waals surface area contributed by atoms with Gasteiger partial charge in [0, 0.05) is 36.6 Å². The van der Waals surface area contributed by atoms with E-state index in [0.29, 0.717) is 24.2 Å². The van der Waals surface area contributed by atoms with Gasteiger partial charge in [0.1, 0.15) is 0 Å². The summed E-state index contributed by atoms with van der Waals surface area (Å²) in [4.78, 5) is 29.4. The molecule has 2 unspecified atom stereocenters. The number of nitrogens with two attached hydrogens (primary N) is 1. The molecule has 40 heavy (non-hydrogen) atoms. The van der Waals surface area contributed by atoms with Crippen LogP contribution < -0.4 is 16.0 Å². The summed E-state index contributed by atoms with van der Waals surface area (Å²) in [5.74, 6) is -1.73. The van der Waals surface area contributed by atoms with E-state index in [1.807, 2.05) is 25.7 Å². The van der Waals surface area contributed by atoms with Gasteiger partial charge in [-0.3, -0.25) is 14.5 Å². The van der Waals surface area contributed by atoms with Crippen LogP contribution in [-0.4, -0.2) is 75.9 Å². The van der Waals surface area contributed by atoms with Gasteiger partial charge in [0.05, 0.1) is 23.9 Å². The zero-order chi connectivity index (χ0) is 29.0. The zero-order valence-corrected chi connectivity index (χ0v) is 23.8. The number of aliphatic hydroxyl groups is 2. The van der Waals surface area contributed by atoms with Crippen LogP contribution in [0.15, 0.2) is 18.2 Å². The van der Waals surface area contributed by atoms with E-state index < -0.39 is 40.8 Å². The molecule has 5 fully saturated rings. The van der Waals surface area contributed by atoms with E-state index in [0.717, 1.165) is 38.2 Å². The first-order valence-electron chi connectivity index (χ1n) is 14.8. The molecule has 5 atom stereocenters. The quantitative estimate of drug-likeness (QED) is 0.367. The Morgan fingerprint density at radius 3 is 2.50 bits per heavy atom. The molecule has 1 aromatic rings. The minimum Gasteiger partial charge on any atom is -0.391 e. The lowest BCUT2D eigenvalue weighted by Gasteiger charge is -2.58. The summed E-state index contributed by atoms with van der Waals surface area (Å²) in [5.41, 5.74) is 5.15. The summed E-state index contributed by atoms with van der Waals surface area (Å²) in [7, 11) is 0. The molecule has 1 aromatic carbocycles. The van der Waals surface area contributed by atoms with Gasteiger partial charge in [0.15, 0.2) is 11.6 Å². The molecule has 10 heteroatoms. The second-order valence-corrected chi connectivity index (χ2v) is 13.5. The lowest BCUT2D eigenvalue weighted by atomic mass is 9.52. The molecule has 8 nitrogen and oxygen atoms in total. The van der Waals surface area contributed by atoms with Gasteiger partial charge >= 0.3 is 0 Å². The van der Waals surface area contributed by atoms with Crippen LogP contribution in [0.5, 0.6) is 0 Å². The Morgan fingerprint density at radius 1 is 1.20 bits per heavy atom. The van der Waals surface area contributed by atoms with Gasteiger partial charge in [-0.05, 0) is 88.7 Å². The number of benzene rings is 1. The molecule has 1 saturated heterocycles. The number of hydrogen-bond acceptors (Lipinski definition) is 6. The Labute approximate surface area is 235 Å². The zero-order valence-electron chi connectivity index (χ0n) is 23.8. The minimum absolute atomic E-state index is 0.0567. The highest BCUT2D eigenvalue weighted by Crippen LogP contribution is 2.55. The molecule has 4 aliphatic carbocycles. The third-order valence-electron chi connectivity index (χ3n) is 10.1. The molecular formula is C30H44F2N4O4. The van der Waals surface area contributed by atoms with Crippen LogP contribution in [0.4, 0.5) is 14.5 Å². The number of nitrogens with one attached hydrogen (secondary N) is 1. The van der Waals surface area contributed by atoms with Gasteiger partial charge in [-0.2, -0.15) is 0 Å². The van der Waals surface area contributed by atoms with Crippen LogP contribution in [0.1, 0.15) is 65.7 Å². The highest BCUT2D eigenvalue weighted by Gasteiger charge is 2.55. The smallest absolute Gasteiger partial charge is 0.241 e. The van der Waals surface area contributed by atoms with Crippen molar-refractivity contribution < 1.29 is 28.6 Å². The van der Waals surface area contributed by atoms with E-state index in [1.165, 1.54) is 17.0 Å². The number of aliphatic hydroxyl groups excluding tert-OH is 1. The molecule has 4 saturated carbocycles. The summed E-state index contributed by atoms with van der Waals surface area (Å²) in [6.45, 7) is 6.01. The van der Waals surface area contributed by atoms with E-state index in [1.54, 1.807) is 0 Å². The van der Waals surface area contributed by atoms with E-state index in [2.05, 4.69) is 5.32 Å². The Hall–Kier alpha value is -2.14. The fourth-order valence-corrected chi connectivity index (χ4v) is 8.07. The van der Waals surface area contributed by atoms with Crippen LogP contribution in [-0.2, 0) is 9.59 Å². The van der Waals surface area contributed by atoms with Crippen LogP contribution in [0.25, 0.3) is 0 Å². The first kappa shape index (κ1) is 29.4. The molecule has 0 spiro atoms. The summed E-state index contributed by atoms with van der Waals surface area (Å²) in [6, 6.07) is 3.15. The van der Waals surface area contributed by atoms with E-state index in [9.17, 15) is 28.6 Å². The maximum Gasteiger partial charge on any atom is 0.241 e. The molecule has 5 N–H and O–H groups in total. The van der Waals surface area contributed by atoms with Crippen molar-refractivity contribution in [1.82, 2.24) is 10.2 Å². The van der Waals surface area contributed by atoms with E-state index >= 15 is 0 Å². The van der Waals surface area contributed by atoms with Gasteiger partial charge in [-0.1, -0.05) is 13.0 Å². The molecule has 6 rings (SSSR count). The third kappa shape index (κ3) is 5.65. The fraction of sp³-hybridized carbons (Fsp3) is 0.733. The maximum atomic E-state index is 14.4. The summed E-state index contributed by atoms with van der Waals surface area (Å²) < 4.78 is 28.2. The number of anilines is 1. The number of rotatable bonds is 9.